The van der Waals surface area contributed by atoms with E-state index in [0.29, 0.717) is 18.7 Å². The second-order valence-corrected chi connectivity index (χ2v) is 9.97. The van der Waals surface area contributed by atoms with E-state index >= 15 is 0 Å². The van der Waals surface area contributed by atoms with Crippen molar-refractivity contribution in [2.45, 2.75) is 64.9 Å². The Kier molecular flexibility index (Phi) is 9.15. The van der Waals surface area contributed by atoms with Crippen LogP contribution in [0.15, 0.2) is 65.8 Å². The summed E-state index contributed by atoms with van der Waals surface area (Å²) in [6.45, 7) is 5.71. The van der Waals surface area contributed by atoms with Crippen molar-refractivity contribution in [2.24, 2.45) is 10.6 Å². The molecule has 1 aliphatic carbocycles. The molecule has 1 atom stereocenters. The summed E-state index contributed by atoms with van der Waals surface area (Å²) < 4.78 is 10.9. The molecule has 2 aromatic carbocycles. The first-order chi connectivity index (χ1) is 16.7. The topological polar surface area (TPSA) is 86.2 Å². The Bertz CT molecular complexity index is 1000. The maximum atomic E-state index is 13.0. The van der Waals surface area contributed by atoms with E-state index in [1.165, 1.54) is 0 Å². The first-order valence-corrected chi connectivity index (χ1v) is 12.2. The van der Waals surface area contributed by atoms with Gasteiger partial charge >= 0.3 is 12.1 Å². The highest BCUT2D eigenvalue weighted by atomic mass is 35.5. The van der Waals surface area contributed by atoms with Gasteiger partial charge in [0.1, 0.15) is 24.9 Å². The molecule has 1 amide bonds. The Balaban J connectivity index is 1.69. The van der Waals surface area contributed by atoms with E-state index in [1.54, 1.807) is 20.8 Å². The van der Waals surface area contributed by atoms with Crippen molar-refractivity contribution in [3.8, 4) is 0 Å². The highest BCUT2D eigenvalue weighted by Crippen LogP contribution is 2.51. The lowest BCUT2D eigenvalue weighted by Crippen LogP contribution is -2.46. The zero-order valence-electron chi connectivity index (χ0n) is 20.5. The molecular weight excluding hydrogens is 468 g/mol. The quantitative estimate of drug-likeness (QED) is 0.188. The van der Waals surface area contributed by atoms with E-state index in [-0.39, 0.29) is 12.5 Å². The van der Waals surface area contributed by atoms with Gasteiger partial charge in [-0.05, 0) is 51.2 Å². The fourth-order valence-electron chi connectivity index (χ4n) is 3.65. The number of alkyl carbamates (subject to hydrolysis) is 1. The number of hydrogen-bond donors (Lipinski definition) is 1. The maximum absolute atomic E-state index is 13.0. The van der Waals surface area contributed by atoms with Crippen molar-refractivity contribution < 1.29 is 23.9 Å². The van der Waals surface area contributed by atoms with E-state index in [4.69, 9.17) is 25.9 Å². The van der Waals surface area contributed by atoms with Crippen molar-refractivity contribution in [2.75, 3.05) is 5.88 Å². The Morgan fingerprint density at radius 2 is 1.57 bits per heavy atom. The number of nitrogens with zero attached hydrogens (tertiary/aromatic N) is 1. The molecule has 3 rings (SSSR count). The number of carbonyl (C=O) groups is 2. The number of amides is 1. The number of esters is 1. The van der Waals surface area contributed by atoms with Gasteiger partial charge in [0.15, 0.2) is 0 Å². The summed E-state index contributed by atoms with van der Waals surface area (Å²) in [4.78, 5) is 31.1. The highest BCUT2D eigenvalue weighted by Gasteiger charge is 2.50. The van der Waals surface area contributed by atoms with Crippen LogP contribution in [0.3, 0.4) is 0 Å². The van der Waals surface area contributed by atoms with Crippen molar-refractivity contribution in [3.63, 3.8) is 0 Å². The minimum Gasteiger partial charge on any atom is -0.459 e. The van der Waals surface area contributed by atoms with Gasteiger partial charge in [0.25, 0.3) is 0 Å². The van der Waals surface area contributed by atoms with Gasteiger partial charge in [-0.2, -0.15) is 0 Å². The summed E-state index contributed by atoms with van der Waals surface area (Å²) in [6, 6.07) is 18.2. The van der Waals surface area contributed by atoms with E-state index in [2.05, 4.69) is 10.5 Å². The molecule has 0 saturated heterocycles. The molecule has 35 heavy (non-hydrogen) atoms. The standard InChI is InChI=1S/C27H33ClN2O5/c1-26(2,3)35-25(32)29-22(24(31)33-18-20-10-6-4-7-11-20)16-27(14-15-27)23(17-28)30-34-19-21-12-8-5-9-13-21/h4-13,22H,14-19H2,1-3H3,(H,29,32). The molecule has 1 aliphatic rings. The second kappa shape index (κ2) is 12.1. The maximum Gasteiger partial charge on any atom is 0.408 e. The average molecular weight is 501 g/mol. The van der Waals surface area contributed by atoms with Crippen LogP contribution in [0.2, 0.25) is 0 Å². The number of oxime groups is 1. The van der Waals surface area contributed by atoms with Crippen LogP contribution >= 0.6 is 11.6 Å². The van der Waals surface area contributed by atoms with Gasteiger partial charge in [0.05, 0.1) is 11.6 Å². The van der Waals surface area contributed by atoms with Crippen LogP contribution in [0.4, 0.5) is 4.79 Å². The van der Waals surface area contributed by atoms with E-state index in [1.807, 2.05) is 60.7 Å². The van der Waals surface area contributed by atoms with Gasteiger partial charge in [-0.25, -0.2) is 9.59 Å². The van der Waals surface area contributed by atoms with E-state index < -0.39 is 29.1 Å². The Morgan fingerprint density at radius 1 is 1.00 bits per heavy atom. The minimum atomic E-state index is -0.918. The molecule has 1 fully saturated rings. The summed E-state index contributed by atoms with van der Waals surface area (Å²) in [5.74, 6) is -0.377. The van der Waals surface area contributed by atoms with Gasteiger partial charge in [-0.15, -0.1) is 11.6 Å². The Morgan fingerprint density at radius 3 is 2.09 bits per heavy atom. The van der Waals surface area contributed by atoms with Crippen molar-refractivity contribution in [1.82, 2.24) is 5.32 Å². The fourth-order valence-corrected chi connectivity index (χ4v) is 3.98. The number of hydrogen-bond acceptors (Lipinski definition) is 6. The molecule has 0 radical (unpaired) electrons. The molecular formula is C27H33ClN2O5. The van der Waals surface area contributed by atoms with Gasteiger partial charge in [0, 0.05) is 5.41 Å². The molecule has 7 nitrogen and oxygen atoms in total. The lowest BCUT2D eigenvalue weighted by molar-refractivity contribution is -0.148. The monoisotopic (exact) mass is 500 g/mol. The van der Waals surface area contributed by atoms with Crippen molar-refractivity contribution in [3.05, 3.63) is 71.8 Å². The van der Waals surface area contributed by atoms with Crippen molar-refractivity contribution in [1.29, 1.82) is 0 Å². The van der Waals surface area contributed by atoms with Crippen LogP contribution < -0.4 is 5.32 Å². The fraction of sp³-hybridized carbons (Fsp3) is 0.444. The SMILES string of the molecule is CC(C)(C)OC(=O)NC(CC1(C(CCl)=NOCc2ccccc2)CC1)C(=O)OCc1ccccc1. The molecule has 0 spiro atoms. The third-order valence-electron chi connectivity index (χ3n) is 5.64. The molecule has 1 N–H and O–H groups in total. The molecule has 0 heterocycles. The van der Waals surface area contributed by atoms with Gasteiger partial charge in [-0.1, -0.05) is 65.8 Å². The lowest BCUT2D eigenvalue weighted by Gasteiger charge is -2.25. The molecule has 1 unspecified atom stereocenters. The van der Waals surface area contributed by atoms with Crippen LogP contribution in [0.5, 0.6) is 0 Å². The van der Waals surface area contributed by atoms with E-state index in [9.17, 15) is 9.59 Å². The Hall–Kier alpha value is -3.06. The number of halogens is 1. The largest absolute Gasteiger partial charge is 0.459 e. The number of nitrogens with one attached hydrogen (secondary N) is 1. The molecule has 0 bridgehead atoms. The number of alkyl halides is 1. The van der Waals surface area contributed by atoms with E-state index in [0.717, 1.165) is 24.0 Å². The normalized spacial score (nSPS) is 15.6. The molecule has 8 heteroatoms. The second-order valence-electron chi connectivity index (χ2n) is 9.71. The van der Waals surface area contributed by atoms with Gasteiger partial charge < -0.3 is 19.6 Å². The first kappa shape index (κ1) is 26.5. The predicted octanol–water partition coefficient (Wildman–Crippen LogP) is 5.61. The van der Waals surface area contributed by atoms with Crippen LogP contribution in [0.1, 0.15) is 51.2 Å². The Labute approximate surface area is 211 Å². The molecule has 188 valence electrons. The van der Waals surface area contributed by atoms with Crippen LogP contribution in [-0.4, -0.2) is 35.3 Å². The number of carbonyl (C=O) groups excluding carboxylic acids is 2. The highest BCUT2D eigenvalue weighted by molar-refractivity contribution is 6.29. The minimum absolute atomic E-state index is 0.107. The smallest absolute Gasteiger partial charge is 0.408 e. The molecule has 1 saturated carbocycles. The summed E-state index contributed by atoms with van der Waals surface area (Å²) in [6.07, 6.45) is 1.18. The van der Waals surface area contributed by atoms with Crippen molar-refractivity contribution >= 4 is 29.4 Å². The zero-order chi connectivity index (χ0) is 25.3. The van der Waals surface area contributed by atoms with Crippen LogP contribution in [0, 0.1) is 5.41 Å². The lowest BCUT2D eigenvalue weighted by atomic mass is 9.92. The number of benzene rings is 2. The molecule has 0 aliphatic heterocycles. The van der Waals surface area contributed by atoms with Gasteiger partial charge in [-0.3, -0.25) is 0 Å². The van der Waals surface area contributed by atoms with Gasteiger partial charge in [0.2, 0.25) is 0 Å². The summed E-state index contributed by atoms with van der Waals surface area (Å²) in [5.41, 5.74) is 1.36. The zero-order valence-corrected chi connectivity index (χ0v) is 21.2. The molecule has 0 aromatic heterocycles. The summed E-state index contributed by atoms with van der Waals surface area (Å²) in [5, 5.41) is 7.00. The third-order valence-corrected chi connectivity index (χ3v) is 5.89. The summed E-state index contributed by atoms with van der Waals surface area (Å²) in [7, 11) is 0. The average Bonchev–Trinajstić information content (AvgIpc) is 3.60. The third kappa shape index (κ3) is 8.58. The van der Waals surface area contributed by atoms with Crippen LogP contribution in [-0.2, 0) is 32.3 Å². The summed E-state index contributed by atoms with van der Waals surface area (Å²) >= 11 is 6.23. The number of rotatable bonds is 11. The first-order valence-electron chi connectivity index (χ1n) is 11.7. The predicted molar refractivity (Wildman–Crippen MR) is 135 cm³/mol. The molecule has 2 aromatic rings. The number of ether oxygens (including phenoxy) is 2. The van der Waals surface area contributed by atoms with Crippen LogP contribution in [0.25, 0.3) is 0 Å².